The van der Waals surface area contributed by atoms with E-state index in [-0.39, 0.29) is 17.0 Å². The number of nitrogens with zero attached hydrogens (tertiary/aromatic N) is 4. The first kappa shape index (κ1) is 11.9. The van der Waals surface area contributed by atoms with Crippen molar-refractivity contribution in [1.29, 1.82) is 0 Å². The molecule has 0 radical (unpaired) electrons. The van der Waals surface area contributed by atoms with Gasteiger partial charge in [0.15, 0.2) is 0 Å². The van der Waals surface area contributed by atoms with Crippen LogP contribution in [0.1, 0.15) is 0 Å². The lowest BCUT2D eigenvalue weighted by atomic mass is 10.9. The molecule has 0 aliphatic carbocycles. The van der Waals surface area contributed by atoms with Gasteiger partial charge >= 0.3 is 0 Å². The molecule has 5 heteroatoms. The van der Waals surface area contributed by atoms with E-state index in [1.807, 2.05) is 35.6 Å². The molecule has 72 valence electrons. The Morgan fingerprint density at radius 2 is 1.23 bits per heavy atom. The van der Waals surface area contributed by atoms with Crippen molar-refractivity contribution in [3.63, 3.8) is 0 Å². The Bertz CT molecular complexity index is 256. The molecule has 0 spiro atoms. The number of hydrogen-bond acceptors (Lipinski definition) is 2. The summed E-state index contributed by atoms with van der Waals surface area (Å²) in [7, 11) is 3.88. The molecular weight excluding hydrogens is 232 g/mol. The fourth-order valence-electron chi connectivity index (χ4n) is 0.652. The van der Waals surface area contributed by atoms with Crippen molar-refractivity contribution in [2.45, 2.75) is 0 Å². The molecule has 0 aliphatic heterocycles. The maximum atomic E-state index is 3.78. The highest BCUT2D eigenvalue weighted by Gasteiger charge is 1.69. The molecule has 0 unspecified atom stereocenters. The second-order valence-corrected chi connectivity index (χ2v) is 2.46. The van der Waals surface area contributed by atoms with Gasteiger partial charge in [-0.2, -0.15) is 0 Å². The predicted octanol–water partition coefficient (Wildman–Crippen LogP) is 1.42. The SMILES string of the molecule is Br.Cn1ccnc1.Cn1ccnc1. The van der Waals surface area contributed by atoms with Crippen LogP contribution in [0.5, 0.6) is 0 Å². The first-order valence-electron chi connectivity index (χ1n) is 3.63. The molecule has 0 amide bonds. The first-order chi connectivity index (χ1) is 5.79. The van der Waals surface area contributed by atoms with Crippen LogP contribution in [0.25, 0.3) is 0 Å². The largest absolute Gasteiger partial charge is 0.341 e. The van der Waals surface area contributed by atoms with Gasteiger partial charge in [0.1, 0.15) is 0 Å². The standard InChI is InChI=1S/2C4H6N2.BrH/c2*1-6-3-2-5-4-6;/h2*2-4H,1H3;1H. The molecule has 0 aromatic carbocycles. The summed E-state index contributed by atoms with van der Waals surface area (Å²) in [6.45, 7) is 0. The van der Waals surface area contributed by atoms with Gasteiger partial charge in [-0.1, -0.05) is 0 Å². The Balaban J connectivity index is 0.000000206. The normalized spacial score (nSPS) is 8.15. The van der Waals surface area contributed by atoms with Gasteiger partial charge < -0.3 is 9.13 Å². The van der Waals surface area contributed by atoms with Crippen molar-refractivity contribution < 1.29 is 0 Å². The zero-order valence-electron chi connectivity index (χ0n) is 7.66. The highest BCUT2D eigenvalue weighted by molar-refractivity contribution is 8.93. The lowest BCUT2D eigenvalue weighted by Gasteiger charge is -1.76. The smallest absolute Gasteiger partial charge is 0.0943 e. The maximum absolute atomic E-state index is 3.78. The summed E-state index contributed by atoms with van der Waals surface area (Å²) in [6, 6.07) is 0. The summed E-state index contributed by atoms with van der Waals surface area (Å²) in [5, 5.41) is 0. The van der Waals surface area contributed by atoms with Crippen molar-refractivity contribution in [1.82, 2.24) is 19.1 Å². The van der Waals surface area contributed by atoms with E-state index in [0.29, 0.717) is 0 Å². The number of aryl methyl sites for hydroxylation is 2. The summed E-state index contributed by atoms with van der Waals surface area (Å²) in [5.74, 6) is 0. The van der Waals surface area contributed by atoms with Crippen molar-refractivity contribution in [3.05, 3.63) is 37.4 Å². The molecule has 2 heterocycles. The zero-order chi connectivity index (χ0) is 8.81. The number of imidazole rings is 2. The van der Waals surface area contributed by atoms with Gasteiger partial charge in [-0.25, -0.2) is 9.97 Å². The highest BCUT2D eigenvalue weighted by Crippen LogP contribution is 1.74. The minimum absolute atomic E-state index is 0. The predicted molar refractivity (Wildman–Crippen MR) is 56.7 cm³/mol. The number of halogens is 1. The molecule has 13 heavy (non-hydrogen) atoms. The van der Waals surface area contributed by atoms with Gasteiger partial charge in [-0.15, -0.1) is 17.0 Å². The van der Waals surface area contributed by atoms with Crippen molar-refractivity contribution in [2.75, 3.05) is 0 Å². The lowest BCUT2D eigenvalue weighted by Crippen LogP contribution is -1.76. The van der Waals surface area contributed by atoms with Crippen LogP contribution in [0.4, 0.5) is 0 Å². The number of hydrogen-bond donors (Lipinski definition) is 0. The van der Waals surface area contributed by atoms with Crippen molar-refractivity contribution >= 4 is 17.0 Å². The molecule has 0 saturated carbocycles. The third-order valence-corrected chi connectivity index (χ3v) is 1.27. The van der Waals surface area contributed by atoms with Gasteiger partial charge in [0.05, 0.1) is 12.7 Å². The molecule has 0 fully saturated rings. The summed E-state index contributed by atoms with van der Waals surface area (Å²) in [5.41, 5.74) is 0. The lowest BCUT2D eigenvalue weighted by molar-refractivity contribution is 0.913. The van der Waals surface area contributed by atoms with Crippen LogP contribution < -0.4 is 0 Å². The van der Waals surface area contributed by atoms with Crippen LogP contribution in [0, 0.1) is 0 Å². The first-order valence-corrected chi connectivity index (χ1v) is 3.63. The van der Waals surface area contributed by atoms with Gasteiger partial charge in [0.25, 0.3) is 0 Å². The van der Waals surface area contributed by atoms with Crippen LogP contribution in [0.3, 0.4) is 0 Å². The van der Waals surface area contributed by atoms with Gasteiger partial charge in [0, 0.05) is 38.9 Å². The fraction of sp³-hybridized carbons (Fsp3) is 0.250. The van der Waals surface area contributed by atoms with E-state index in [1.54, 1.807) is 25.0 Å². The van der Waals surface area contributed by atoms with E-state index < -0.39 is 0 Å². The van der Waals surface area contributed by atoms with E-state index >= 15 is 0 Å². The maximum Gasteiger partial charge on any atom is 0.0943 e. The average Bonchev–Trinajstić information content (AvgIpc) is 2.63. The molecule has 0 atom stereocenters. The minimum atomic E-state index is 0. The Morgan fingerprint density at radius 1 is 0.846 bits per heavy atom. The molecule has 2 rings (SSSR count). The second-order valence-electron chi connectivity index (χ2n) is 2.46. The van der Waals surface area contributed by atoms with Crippen molar-refractivity contribution in [2.24, 2.45) is 14.1 Å². The molecule has 2 aromatic heterocycles. The Kier molecular flexibility index (Phi) is 5.88. The fourth-order valence-corrected chi connectivity index (χ4v) is 0.652. The number of aromatic nitrogens is 4. The minimum Gasteiger partial charge on any atom is -0.341 e. The molecule has 0 saturated heterocycles. The highest BCUT2D eigenvalue weighted by atomic mass is 79.9. The van der Waals surface area contributed by atoms with E-state index in [2.05, 4.69) is 9.97 Å². The topological polar surface area (TPSA) is 35.6 Å². The Morgan fingerprint density at radius 3 is 1.31 bits per heavy atom. The molecule has 2 aromatic rings. The molecule has 0 bridgehead atoms. The quantitative estimate of drug-likeness (QED) is 0.703. The van der Waals surface area contributed by atoms with Crippen LogP contribution in [-0.4, -0.2) is 19.1 Å². The van der Waals surface area contributed by atoms with Crippen LogP contribution in [0.15, 0.2) is 37.4 Å². The van der Waals surface area contributed by atoms with Crippen LogP contribution in [0.2, 0.25) is 0 Å². The summed E-state index contributed by atoms with van der Waals surface area (Å²) in [6.07, 6.45) is 10.8. The third-order valence-electron chi connectivity index (χ3n) is 1.27. The van der Waals surface area contributed by atoms with E-state index in [9.17, 15) is 0 Å². The second kappa shape index (κ2) is 6.42. The van der Waals surface area contributed by atoms with Gasteiger partial charge in [-0.3, -0.25) is 0 Å². The van der Waals surface area contributed by atoms with Crippen LogP contribution in [-0.2, 0) is 14.1 Å². The molecule has 0 N–H and O–H groups in total. The molecular formula is C8H13BrN4. The van der Waals surface area contributed by atoms with Gasteiger partial charge in [-0.05, 0) is 0 Å². The van der Waals surface area contributed by atoms with E-state index in [4.69, 9.17) is 0 Å². The monoisotopic (exact) mass is 244 g/mol. The summed E-state index contributed by atoms with van der Waals surface area (Å²) >= 11 is 0. The number of rotatable bonds is 0. The average molecular weight is 245 g/mol. The third kappa shape index (κ3) is 5.19. The van der Waals surface area contributed by atoms with Crippen LogP contribution >= 0.6 is 17.0 Å². The molecule has 4 nitrogen and oxygen atoms in total. The van der Waals surface area contributed by atoms with Crippen molar-refractivity contribution in [3.8, 4) is 0 Å². The summed E-state index contributed by atoms with van der Waals surface area (Å²) < 4.78 is 3.78. The summed E-state index contributed by atoms with van der Waals surface area (Å²) in [4.78, 5) is 7.57. The Hall–Kier alpha value is -1.10. The van der Waals surface area contributed by atoms with E-state index in [1.165, 1.54) is 0 Å². The zero-order valence-corrected chi connectivity index (χ0v) is 9.37. The molecule has 0 aliphatic rings. The Labute approximate surface area is 88.0 Å². The van der Waals surface area contributed by atoms with Gasteiger partial charge in [0.2, 0.25) is 0 Å². The van der Waals surface area contributed by atoms with E-state index in [0.717, 1.165) is 0 Å².